The topological polar surface area (TPSA) is 28.7 Å². The second-order valence-corrected chi connectivity index (χ2v) is 6.42. The van der Waals surface area contributed by atoms with E-state index in [1.807, 2.05) is 6.07 Å². The average molecular weight is 300 g/mol. The molecule has 0 fully saturated rings. The van der Waals surface area contributed by atoms with Crippen molar-refractivity contribution < 1.29 is 0 Å². The Kier molecular flexibility index (Phi) is 2.40. The maximum atomic E-state index is 4.80. The molecule has 0 aliphatic rings. The summed E-state index contributed by atoms with van der Waals surface area (Å²) in [6.07, 6.45) is 0. The largest absolute Gasteiger partial charge is 0.354 e. The normalized spacial score (nSPS) is 11.6. The Morgan fingerprint density at radius 1 is 0.773 bits per heavy atom. The number of aromatic nitrogens is 2. The van der Waals surface area contributed by atoms with Gasteiger partial charge < -0.3 is 4.98 Å². The van der Waals surface area contributed by atoms with Crippen LogP contribution in [0.5, 0.6) is 0 Å². The fourth-order valence-corrected chi connectivity index (χ4v) is 4.04. The van der Waals surface area contributed by atoms with Crippen molar-refractivity contribution in [3.63, 3.8) is 0 Å². The number of hydrogen-bond acceptors (Lipinski definition) is 2. The van der Waals surface area contributed by atoms with Crippen molar-refractivity contribution in [3.05, 3.63) is 66.7 Å². The van der Waals surface area contributed by atoms with E-state index < -0.39 is 0 Å². The van der Waals surface area contributed by atoms with Gasteiger partial charge in [-0.25, -0.2) is 4.98 Å². The van der Waals surface area contributed by atoms with Gasteiger partial charge in [0.05, 0.1) is 15.7 Å². The zero-order chi connectivity index (χ0) is 14.5. The molecule has 0 aliphatic carbocycles. The third-order valence-corrected chi connectivity index (χ3v) is 5.14. The van der Waals surface area contributed by atoms with E-state index in [2.05, 4.69) is 65.6 Å². The molecule has 5 aromatic rings. The van der Waals surface area contributed by atoms with Crippen LogP contribution in [0.1, 0.15) is 0 Å². The zero-order valence-electron chi connectivity index (χ0n) is 11.7. The molecule has 1 N–H and O–H groups in total. The van der Waals surface area contributed by atoms with Crippen LogP contribution in [0, 0.1) is 0 Å². The van der Waals surface area contributed by atoms with Gasteiger partial charge in [0.15, 0.2) is 0 Å². The van der Waals surface area contributed by atoms with Gasteiger partial charge >= 0.3 is 0 Å². The molecule has 0 amide bonds. The second-order valence-electron chi connectivity index (χ2n) is 5.39. The van der Waals surface area contributed by atoms with Crippen molar-refractivity contribution >= 4 is 43.4 Å². The first-order valence-corrected chi connectivity index (χ1v) is 8.07. The van der Waals surface area contributed by atoms with Crippen LogP contribution >= 0.6 is 11.3 Å². The Morgan fingerprint density at radius 3 is 2.55 bits per heavy atom. The van der Waals surface area contributed by atoms with Crippen LogP contribution < -0.4 is 0 Å². The van der Waals surface area contributed by atoms with E-state index in [9.17, 15) is 0 Å². The molecule has 0 atom stereocenters. The number of thiazole rings is 1. The minimum Gasteiger partial charge on any atom is -0.354 e. The van der Waals surface area contributed by atoms with Gasteiger partial charge in [-0.05, 0) is 24.3 Å². The van der Waals surface area contributed by atoms with Gasteiger partial charge in [0.1, 0.15) is 5.01 Å². The molecule has 3 heteroatoms. The SMILES string of the molecule is c1ccc2sc(-c3cccc4c3[nH]c3ccccc34)nc2c1. The molecule has 22 heavy (non-hydrogen) atoms. The first-order valence-electron chi connectivity index (χ1n) is 7.25. The van der Waals surface area contributed by atoms with Gasteiger partial charge in [-0.15, -0.1) is 11.3 Å². The number of benzene rings is 3. The molecular weight excluding hydrogens is 288 g/mol. The zero-order valence-corrected chi connectivity index (χ0v) is 12.5. The van der Waals surface area contributed by atoms with Crippen molar-refractivity contribution in [2.75, 3.05) is 0 Å². The van der Waals surface area contributed by atoms with E-state index in [0.717, 1.165) is 10.5 Å². The van der Waals surface area contributed by atoms with E-state index in [-0.39, 0.29) is 0 Å². The summed E-state index contributed by atoms with van der Waals surface area (Å²) >= 11 is 1.74. The molecule has 0 unspecified atom stereocenters. The highest BCUT2D eigenvalue weighted by Crippen LogP contribution is 2.36. The number of para-hydroxylation sites is 3. The highest BCUT2D eigenvalue weighted by Gasteiger charge is 2.12. The van der Waals surface area contributed by atoms with Crippen LogP contribution in [-0.4, -0.2) is 9.97 Å². The summed E-state index contributed by atoms with van der Waals surface area (Å²) in [6, 6.07) is 23.2. The van der Waals surface area contributed by atoms with E-state index in [1.54, 1.807) is 11.3 Å². The molecule has 0 bridgehead atoms. The van der Waals surface area contributed by atoms with Crippen molar-refractivity contribution in [1.29, 1.82) is 0 Å². The molecule has 104 valence electrons. The van der Waals surface area contributed by atoms with Gasteiger partial charge in [-0.2, -0.15) is 0 Å². The van der Waals surface area contributed by atoms with Crippen molar-refractivity contribution in [2.24, 2.45) is 0 Å². The van der Waals surface area contributed by atoms with Crippen LogP contribution in [0.4, 0.5) is 0 Å². The quantitative estimate of drug-likeness (QED) is 0.429. The van der Waals surface area contributed by atoms with Gasteiger partial charge in [-0.3, -0.25) is 0 Å². The molecule has 5 rings (SSSR count). The van der Waals surface area contributed by atoms with Crippen molar-refractivity contribution in [2.45, 2.75) is 0 Å². The summed E-state index contributed by atoms with van der Waals surface area (Å²) in [6.45, 7) is 0. The van der Waals surface area contributed by atoms with Gasteiger partial charge in [0.2, 0.25) is 0 Å². The van der Waals surface area contributed by atoms with Crippen molar-refractivity contribution in [3.8, 4) is 10.6 Å². The monoisotopic (exact) mass is 300 g/mol. The van der Waals surface area contributed by atoms with Crippen LogP contribution in [-0.2, 0) is 0 Å². The number of fused-ring (bicyclic) bond motifs is 4. The maximum absolute atomic E-state index is 4.80. The molecule has 0 saturated heterocycles. The van der Waals surface area contributed by atoms with Gasteiger partial charge in [0.25, 0.3) is 0 Å². The molecule has 0 saturated carbocycles. The summed E-state index contributed by atoms with van der Waals surface area (Å²) in [5, 5.41) is 3.59. The third-order valence-electron chi connectivity index (χ3n) is 4.07. The lowest BCUT2D eigenvalue weighted by atomic mass is 10.1. The smallest absolute Gasteiger partial charge is 0.126 e. The summed E-state index contributed by atoms with van der Waals surface area (Å²) in [4.78, 5) is 8.36. The molecule has 2 aromatic heterocycles. The molecule has 3 aromatic carbocycles. The Hall–Kier alpha value is -2.65. The van der Waals surface area contributed by atoms with Gasteiger partial charge in [-0.1, -0.05) is 42.5 Å². The Labute approximate surface area is 131 Å². The Balaban J connectivity index is 1.87. The lowest BCUT2D eigenvalue weighted by molar-refractivity contribution is 1.47. The first-order chi connectivity index (χ1) is 10.9. The fourth-order valence-electron chi connectivity index (χ4n) is 3.04. The average Bonchev–Trinajstić information content (AvgIpc) is 3.15. The minimum atomic E-state index is 1.07. The molecule has 0 spiro atoms. The predicted molar refractivity (Wildman–Crippen MR) is 94.4 cm³/mol. The van der Waals surface area contributed by atoms with Gasteiger partial charge in [0, 0.05) is 21.9 Å². The van der Waals surface area contributed by atoms with E-state index in [1.165, 1.54) is 32.1 Å². The van der Waals surface area contributed by atoms with Crippen molar-refractivity contribution in [1.82, 2.24) is 9.97 Å². The first kappa shape index (κ1) is 12.0. The van der Waals surface area contributed by atoms with E-state index >= 15 is 0 Å². The number of nitrogens with one attached hydrogen (secondary N) is 1. The summed E-state index contributed by atoms with van der Waals surface area (Å²) in [5.41, 5.74) is 4.58. The summed E-state index contributed by atoms with van der Waals surface area (Å²) in [7, 11) is 0. The van der Waals surface area contributed by atoms with E-state index in [0.29, 0.717) is 0 Å². The Bertz CT molecular complexity index is 1100. The third kappa shape index (κ3) is 1.63. The number of aromatic amines is 1. The molecular formula is C19H12N2S. The Morgan fingerprint density at radius 2 is 1.59 bits per heavy atom. The molecule has 0 aliphatic heterocycles. The molecule has 2 heterocycles. The van der Waals surface area contributed by atoms with Crippen LogP contribution in [0.2, 0.25) is 0 Å². The standard InChI is InChI=1S/C19H12N2S/c1-2-9-15-12(6-1)13-7-5-8-14(18(13)20-15)19-21-16-10-3-4-11-17(16)22-19/h1-11,20H. The fraction of sp³-hybridized carbons (Fsp3) is 0. The molecule has 0 radical (unpaired) electrons. The number of H-pyrrole nitrogens is 1. The highest BCUT2D eigenvalue weighted by atomic mass is 32.1. The predicted octanol–water partition coefficient (Wildman–Crippen LogP) is 5.60. The lowest BCUT2D eigenvalue weighted by Gasteiger charge is -1.98. The number of rotatable bonds is 1. The number of nitrogens with zero attached hydrogens (tertiary/aromatic N) is 1. The van der Waals surface area contributed by atoms with Crippen LogP contribution in [0.3, 0.4) is 0 Å². The maximum Gasteiger partial charge on any atom is 0.126 e. The summed E-state index contributed by atoms with van der Waals surface area (Å²) < 4.78 is 1.23. The highest BCUT2D eigenvalue weighted by molar-refractivity contribution is 7.21. The van der Waals surface area contributed by atoms with Crippen LogP contribution in [0.25, 0.3) is 42.6 Å². The number of hydrogen-bond donors (Lipinski definition) is 1. The lowest BCUT2D eigenvalue weighted by Crippen LogP contribution is -1.78. The van der Waals surface area contributed by atoms with E-state index in [4.69, 9.17) is 4.98 Å². The minimum absolute atomic E-state index is 1.07. The second kappa shape index (κ2) is 4.42. The summed E-state index contributed by atoms with van der Waals surface area (Å²) in [5.74, 6) is 0. The van der Waals surface area contributed by atoms with Crippen LogP contribution in [0.15, 0.2) is 66.7 Å². The molecule has 2 nitrogen and oxygen atoms in total.